The summed E-state index contributed by atoms with van der Waals surface area (Å²) in [5.74, 6) is -0.242. The van der Waals surface area contributed by atoms with Gasteiger partial charge in [0.1, 0.15) is 0 Å². The van der Waals surface area contributed by atoms with Gasteiger partial charge in [-0.1, -0.05) is 29.8 Å². The van der Waals surface area contributed by atoms with E-state index < -0.39 is 0 Å². The van der Waals surface area contributed by atoms with Crippen molar-refractivity contribution in [2.45, 2.75) is 45.3 Å². The monoisotopic (exact) mass is 382 g/mol. The van der Waals surface area contributed by atoms with Crippen LogP contribution < -0.4 is 5.32 Å². The molecule has 126 valence electrons. The second-order valence-corrected chi connectivity index (χ2v) is 6.58. The highest BCUT2D eigenvalue weighted by Gasteiger charge is 2.30. The Hall–Kier alpha value is -1.40. The van der Waals surface area contributed by atoms with Gasteiger partial charge in [-0.15, -0.1) is 0 Å². The van der Waals surface area contributed by atoms with Crippen molar-refractivity contribution in [1.82, 2.24) is 10.2 Å². The van der Waals surface area contributed by atoms with E-state index in [1.54, 1.807) is 11.0 Å². The third kappa shape index (κ3) is 4.32. The van der Waals surface area contributed by atoms with Gasteiger partial charge in [0.05, 0.1) is 12.6 Å². The van der Waals surface area contributed by atoms with Crippen molar-refractivity contribution in [3.63, 3.8) is 0 Å². The Morgan fingerprint density at radius 1 is 1.39 bits per heavy atom. The van der Waals surface area contributed by atoms with Crippen LogP contribution in [0.15, 0.2) is 22.7 Å². The van der Waals surface area contributed by atoms with E-state index in [0.717, 1.165) is 16.5 Å². The first-order valence-corrected chi connectivity index (χ1v) is 8.87. The van der Waals surface area contributed by atoms with Crippen molar-refractivity contribution >= 4 is 27.7 Å². The molecule has 5 nitrogen and oxygen atoms in total. The molecule has 23 heavy (non-hydrogen) atoms. The summed E-state index contributed by atoms with van der Waals surface area (Å²) in [6, 6.07) is 5.65. The Balaban J connectivity index is 0.000000924. The smallest absolute Gasteiger partial charge is 0.254 e. The number of hydrogen-bond donors (Lipinski definition) is 2. The molecule has 2 N–H and O–H groups in total. The average Bonchev–Trinajstić information content (AvgIpc) is 2.50. The fourth-order valence-electron chi connectivity index (χ4n) is 2.81. The molecule has 0 saturated heterocycles. The molecule has 1 aliphatic heterocycles. The van der Waals surface area contributed by atoms with Gasteiger partial charge in [0.25, 0.3) is 5.91 Å². The largest absolute Gasteiger partial charge is 0.393 e. The predicted octanol–water partition coefficient (Wildman–Crippen LogP) is 2.11. The summed E-state index contributed by atoms with van der Waals surface area (Å²) in [4.78, 5) is 25.9. The minimum absolute atomic E-state index is 0.0515. The van der Waals surface area contributed by atoms with Crippen LogP contribution in [0, 0.1) is 0 Å². The number of hydrogen-bond acceptors (Lipinski definition) is 3. The van der Waals surface area contributed by atoms with Crippen molar-refractivity contribution in [2.24, 2.45) is 0 Å². The van der Waals surface area contributed by atoms with Crippen LogP contribution >= 0.6 is 15.9 Å². The van der Waals surface area contributed by atoms with Crippen LogP contribution in [-0.2, 0) is 11.2 Å². The van der Waals surface area contributed by atoms with Crippen LogP contribution in [0.5, 0.6) is 0 Å². The third-order valence-electron chi connectivity index (χ3n) is 4.05. The lowest BCUT2D eigenvalue weighted by atomic mass is 9.89. The summed E-state index contributed by atoms with van der Waals surface area (Å²) in [5.41, 5.74) is 1.70. The summed E-state index contributed by atoms with van der Waals surface area (Å²) >= 11 is 3.40. The topological polar surface area (TPSA) is 69.6 Å². The van der Waals surface area contributed by atoms with E-state index >= 15 is 0 Å². The lowest BCUT2D eigenvalue weighted by Crippen LogP contribution is -2.51. The number of aliphatic hydroxyl groups is 1. The van der Waals surface area contributed by atoms with Crippen LogP contribution in [0.1, 0.15) is 42.6 Å². The van der Waals surface area contributed by atoms with Gasteiger partial charge in [0.15, 0.2) is 0 Å². The summed E-state index contributed by atoms with van der Waals surface area (Å²) in [6.07, 6.45) is 1.68. The highest BCUT2D eigenvalue weighted by molar-refractivity contribution is 9.10. The summed E-state index contributed by atoms with van der Waals surface area (Å²) in [5, 5.41) is 12.1. The molecule has 0 spiro atoms. The number of nitrogens with one attached hydrogen (secondary N) is 1. The van der Waals surface area contributed by atoms with E-state index in [2.05, 4.69) is 21.2 Å². The summed E-state index contributed by atoms with van der Waals surface area (Å²) in [7, 11) is 0. The molecule has 1 saturated carbocycles. The lowest BCUT2D eigenvalue weighted by Gasteiger charge is -2.33. The van der Waals surface area contributed by atoms with Gasteiger partial charge >= 0.3 is 0 Å². The van der Waals surface area contributed by atoms with E-state index in [-0.39, 0.29) is 30.5 Å². The number of fused-ring (bicyclic) bond motifs is 1. The van der Waals surface area contributed by atoms with Crippen LogP contribution in [0.4, 0.5) is 0 Å². The van der Waals surface area contributed by atoms with Gasteiger partial charge in [-0.25, -0.2) is 0 Å². The maximum absolute atomic E-state index is 12.4. The summed E-state index contributed by atoms with van der Waals surface area (Å²) < 4.78 is 0.962. The van der Waals surface area contributed by atoms with Gasteiger partial charge in [0, 0.05) is 22.6 Å². The number of carbonyl (C=O) groups excluding carboxylic acids is 2. The van der Waals surface area contributed by atoms with Crippen LogP contribution in [0.3, 0.4) is 0 Å². The van der Waals surface area contributed by atoms with Crippen molar-refractivity contribution < 1.29 is 14.7 Å². The number of rotatable bonds is 3. The average molecular weight is 383 g/mol. The highest BCUT2D eigenvalue weighted by Crippen LogP contribution is 2.23. The second kappa shape index (κ2) is 7.93. The van der Waals surface area contributed by atoms with E-state index in [0.29, 0.717) is 24.9 Å². The zero-order valence-electron chi connectivity index (χ0n) is 13.5. The SMILES string of the molecule is CC.O=C(CN1CCc2cc(Br)ccc2C1=O)NC1CC(O)C1. The maximum Gasteiger partial charge on any atom is 0.254 e. The van der Waals surface area contributed by atoms with Crippen molar-refractivity contribution in [3.05, 3.63) is 33.8 Å². The molecule has 1 aliphatic carbocycles. The molecule has 0 unspecified atom stereocenters. The maximum atomic E-state index is 12.4. The van der Waals surface area contributed by atoms with Gasteiger partial charge in [0.2, 0.25) is 5.91 Å². The quantitative estimate of drug-likeness (QED) is 0.840. The second-order valence-electron chi connectivity index (χ2n) is 5.67. The van der Waals surface area contributed by atoms with Crippen LogP contribution in [0.2, 0.25) is 0 Å². The first kappa shape index (κ1) is 17.9. The standard InChI is InChI=1S/C15H17BrN2O3.C2H6/c16-10-1-2-13-9(5-10)3-4-18(15(13)21)8-14(20)17-11-6-12(19)7-11;1-2/h1-2,5,11-12,19H,3-4,6-8H2,(H,17,20);1-2H3. The molecule has 2 amide bonds. The van der Waals surface area contributed by atoms with E-state index in [1.807, 2.05) is 26.0 Å². The molecule has 0 atom stereocenters. The van der Waals surface area contributed by atoms with Gasteiger partial charge in [-0.05, 0) is 43.0 Å². The fraction of sp³-hybridized carbons (Fsp3) is 0.529. The van der Waals surface area contributed by atoms with Crippen molar-refractivity contribution in [3.8, 4) is 0 Å². The van der Waals surface area contributed by atoms with Crippen LogP contribution in [0.25, 0.3) is 0 Å². The summed E-state index contributed by atoms with van der Waals surface area (Å²) in [6.45, 7) is 4.64. The molecule has 0 bridgehead atoms. The number of nitrogens with zero attached hydrogens (tertiary/aromatic N) is 1. The molecule has 1 aromatic carbocycles. The number of halogens is 1. The Kier molecular flexibility index (Phi) is 6.18. The Morgan fingerprint density at radius 2 is 2.09 bits per heavy atom. The Labute approximate surface area is 145 Å². The zero-order valence-corrected chi connectivity index (χ0v) is 15.1. The third-order valence-corrected chi connectivity index (χ3v) is 4.54. The fourth-order valence-corrected chi connectivity index (χ4v) is 3.22. The normalized spacial score (nSPS) is 22.4. The predicted molar refractivity (Wildman–Crippen MR) is 92.3 cm³/mol. The first-order valence-electron chi connectivity index (χ1n) is 8.08. The molecule has 1 fully saturated rings. The van der Waals surface area contributed by atoms with E-state index in [1.165, 1.54) is 0 Å². The Morgan fingerprint density at radius 3 is 2.74 bits per heavy atom. The van der Waals surface area contributed by atoms with E-state index in [9.17, 15) is 14.7 Å². The minimum atomic E-state index is -0.294. The van der Waals surface area contributed by atoms with Crippen molar-refractivity contribution in [2.75, 3.05) is 13.1 Å². The Bertz CT molecular complexity index is 585. The number of carbonyl (C=O) groups is 2. The highest BCUT2D eigenvalue weighted by atomic mass is 79.9. The number of amides is 2. The lowest BCUT2D eigenvalue weighted by molar-refractivity contribution is -0.123. The molecule has 6 heteroatoms. The van der Waals surface area contributed by atoms with Gasteiger partial charge in [-0.3, -0.25) is 9.59 Å². The van der Waals surface area contributed by atoms with Gasteiger partial charge < -0.3 is 15.3 Å². The molecule has 2 aliphatic rings. The first-order chi connectivity index (χ1) is 11.0. The van der Waals surface area contributed by atoms with E-state index in [4.69, 9.17) is 0 Å². The molecule has 1 aromatic rings. The molecule has 3 rings (SSSR count). The number of aliphatic hydroxyl groups excluding tert-OH is 1. The van der Waals surface area contributed by atoms with Gasteiger partial charge in [-0.2, -0.15) is 0 Å². The minimum Gasteiger partial charge on any atom is -0.393 e. The molecular formula is C17H23BrN2O3. The number of benzene rings is 1. The van der Waals surface area contributed by atoms with Crippen LogP contribution in [-0.4, -0.2) is 47.1 Å². The molecule has 1 heterocycles. The molecular weight excluding hydrogens is 360 g/mol. The molecule has 0 aromatic heterocycles. The molecule has 0 radical (unpaired) electrons. The van der Waals surface area contributed by atoms with Crippen molar-refractivity contribution in [1.29, 1.82) is 0 Å². The zero-order chi connectivity index (χ0) is 17.0.